The molecule has 0 aliphatic rings. The third kappa shape index (κ3) is 3.99. The molecule has 1 aromatic heterocycles. The van der Waals surface area contributed by atoms with Crippen molar-refractivity contribution in [1.29, 1.82) is 0 Å². The first-order chi connectivity index (χ1) is 9.92. The first kappa shape index (κ1) is 15.4. The number of rotatable bonds is 4. The van der Waals surface area contributed by atoms with Crippen LogP contribution in [0.5, 0.6) is 11.6 Å². The average Bonchev–Trinajstić information content (AvgIpc) is 2.46. The van der Waals surface area contributed by atoms with Crippen molar-refractivity contribution < 1.29 is 17.9 Å². The number of hydrogen-bond donors (Lipinski definition) is 2. The van der Waals surface area contributed by atoms with E-state index in [0.29, 0.717) is 5.75 Å². The number of hydrogen-bond acceptors (Lipinski definition) is 6. The van der Waals surface area contributed by atoms with Crippen LogP contribution >= 0.6 is 11.8 Å². The molecule has 0 bridgehead atoms. The number of aromatic nitrogens is 2. The fourth-order valence-corrected chi connectivity index (χ4v) is 1.85. The third-order valence-electron chi connectivity index (χ3n) is 2.39. The first-order valence-electron chi connectivity index (χ1n) is 5.67. The number of anilines is 1. The molecule has 1 heterocycles. The Morgan fingerprint density at radius 2 is 1.86 bits per heavy atom. The standard InChI is InChI=1S/C12H11F3N4OS/c1-21-8-4-2-7(3-5-8)20-10-6-9(19-16)17-11(18-10)12(13,14)15/h2-6H,16H2,1H3,(H,17,18,19). The Bertz CT molecular complexity index is 619. The third-order valence-corrected chi connectivity index (χ3v) is 3.13. The molecule has 2 aromatic rings. The fourth-order valence-electron chi connectivity index (χ4n) is 1.44. The smallest absolute Gasteiger partial charge is 0.439 e. The second-order valence-corrected chi connectivity index (χ2v) is 4.71. The van der Waals surface area contributed by atoms with Crippen LogP contribution in [0.3, 0.4) is 0 Å². The largest absolute Gasteiger partial charge is 0.451 e. The molecule has 0 aliphatic carbocycles. The van der Waals surface area contributed by atoms with Gasteiger partial charge in [-0.1, -0.05) is 0 Å². The molecule has 0 saturated heterocycles. The average molecular weight is 316 g/mol. The number of nitrogens with two attached hydrogens (primary N) is 1. The van der Waals surface area contributed by atoms with Crippen molar-refractivity contribution in [3.05, 3.63) is 36.2 Å². The molecule has 0 saturated carbocycles. The topological polar surface area (TPSA) is 73.1 Å². The second-order valence-electron chi connectivity index (χ2n) is 3.83. The highest BCUT2D eigenvalue weighted by Gasteiger charge is 2.35. The number of nitrogens with one attached hydrogen (secondary N) is 1. The predicted octanol–water partition coefficient (Wildman–Crippen LogP) is 3.30. The van der Waals surface area contributed by atoms with E-state index in [0.717, 1.165) is 4.90 Å². The number of ether oxygens (including phenoxy) is 1. The quantitative estimate of drug-likeness (QED) is 0.512. The van der Waals surface area contributed by atoms with Crippen molar-refractivity contribution in [1.82, 2.24) is 9.97 Å². The van der Waals surface area contributed by atoms with Gasteiger partial charge in [0.2, 0.25) is 11.7 Å². The van der Waals surface area contributed by atoms with Crippen LogP contribution in [0.25, 0.3) is 0 Å². The molecule has 112 valence electrons. The normalized spacial score (nSPS) is 11.3. The second kappa shape index (κ2) is 6.19. The lowest BCUT2D eigenvalue weighted by molar-refractivity contribution is -0.145. The minimum atomic E-state index is -4.69. The van der Waals surface area contributed by atoms with Gasteiger partial charge in [-0.25, -0.2) is 10.8 Å². The van der Waals surface area contributed by atoms with Gasteiger partial charge in [-0.2, -0.15) is 18.2 Å². The van der Waals surface area contributed by atoms with Gasteiger partial charge in [0.05, 0.1) is 0 Å². The van der Waals surface area contributed by atoms with Crippen LogP contribution in [0.2, 0.25) is 0 Å². The summed E-state index contributed by atoms with van der Waals surface area (Å²) in [4.78, 5) is 7.57. The van der Waals surface area contributed by atoms with E-state index in [1.807, 2.05) is 11.7 Å². The zero-order chi connectivity index (χ0) is 15.5. The van der Waals surface area contributed by atoms with E-state index in [2.05, 4.69) is 9.97 Å². The number of nitrogen functional groups attached to an aromatic ring is 1. The van der Waals surface area contributed by atoms with Crippen LogP contribution in [-0.4, -0.2) is 16.2 Å². The Labute approximate surface area is 122 Å². The van der Waals surface area contributed by atoms with Gasteiger partial charge in [-0.15, -0.1) is 11.8 Å². The van der Waals surface area contributed by atoms with E-state index >= 15 is 0 Å². The molecule has 0 aliphatic heterocycles. The van der Waals surface area contributed by atoms with Crippen LogP contribution < -0.4 is 16.0 Å². The van der Waals surface area contributed by atoms with Crippen molar-refractivity contribution in [2.24, 2.45) is 5.84 Å². The summed E-state index contributed by atoms with van der Waals surface area (Å²) in [5.74, 6) is 3.70. The van der Waals surface area contributed by atoms with E-state index in [9.17, 15) is 13.2 Å². The molecule has 0 spiro atoms. The summed E-state index contributed by atoms with van der Waals surface area (Å²) in [5, 5.41) is 0. The van der Waals surface area contributed by atoms with Crippen LogP contribution in [-0.2, 0) is 6.18 Å². The molecule has 3 N–H and O–H groups in total. The fraction of sp³-hybridized carbons (Fsp3) is 0.167. The lowest BCUT2D eigenvalue weighted by Gasteiger charge is -2.10. The highest BCUT2D eigenvalue weighted by molar-refractivity contribution is 7.98. The predicted molar refractivity (Wildman–Crippen MR) is 73.1 cm³/mol. The van der Waals surface area contributed by atoms with Crippen LogP contribution in [0.15, 0.2) is 35.2 Å². The number of halogens is 3. The number of nitrogens with zero attached hydrogens (tertiary/aromatic N) is 2. The van der Waals surface area contributed by atoms with E-state index in [1.54, 1.807) is 24.3 Å². The van der Waals surface area contributed by atoms with Gasteiger partial charge in [0.1, 0.15) is 11.6 Å². The Morgan fingerprint density at radius 3 is 2.38 bits per heavy atom. The summed E-state index contributed by atoms with van der Waals surface area (Å²) in [6.07, 6.45) is -2.78. The summed E-state index contributed by atoms with van der Waals surface area (Å²) >= 11 is 1.54. The summed E-state index contributed by atoms with van der Waals surface area (Å²) in [6, 6.07) is 8.02. The SMILES string of the molecule is CSc1ccc(Oc2cc(NN)nc(C(F)(F)F)n2)cc1. The van der Waals surface area contributed by atoms with E-state index in [4.69, 9.17) is 10.6 Å². The molecule has 21 heavy (non-hydrogen) atoms. The molecular weight excluding hydrogens is 305 g/mol. The van der Waals surface area contributed by atoms with Crippen LogP contribution in [0, 0.1) is 0 Å². The summed E-state index contributed by atoms with van der Waals surface area (Å²) in [6.45, 7) is 0. The lowest BCUT2D eigenvalue weighted by Crippen LogP contribution is -2.16. The maximum absolute atomic E-state index is 12.7. The molecule has 9 heteroatoms. The molecular formula is C12H11F3N4OS. The van der Waals surface area contributed by atoms with Gasteiger partial charge >= 0.3 is 6.18 Å². The van der Waals surface area contributed by atoms with Gasteiger partial charge in [0, 0.05) is 11.0 Å². The van der Waals surface area contributed by atoms with Crippen molar-refractivity contribution in [3.8, 4) is 11.6 Å². The zero-order valence-electron chi connectivity index (χ0n) is 10.8. The van der Waals surface area contributed by atoms with Crippen molar-refractivity contribution in [3.63, 3.8) is 0 Å². The Morgan fingerprint density at radius 1 is 1.19 bits per heavy atom. The number of thioether (sulfide) groups is 1. The van der Waals surface area contributed by atoms with Gasteiger partial charge in [-0.3, -0.25) is 0 Å². The monoisotopic (exact) mass is 316 g/mol. The molecule has 2 rings (SSSR count). The van der Waals surface area contributed by atoms with Crippen molar-refractivity contribution in [2.75, 3.05) is 11.7 Å². The van der Waals surface area contributed by atoms with Crippen molar-refractivity contribution in [2.45, 2.75) is 11.1 Å². The number of alkyl halides is 3. The molecule has 5 nitrogen and oxygen atoms in total. The van der Waals surface area contributed by atoms with E-state index in [-0.39, 0.29) is 11.7 Å². The number of hydrazine groups is 1. The molecule has 0 unspecified atom stereocenters. The minimum Gasteiger partial charge on any atom is -0.439 e. The summed E-state index contributed by atoms with van der Waals surface area (Å²) in [5.41, 5.74) is 2.05. The maximum atomic E-state index is 12.7. The highest BCUT2D eigenvalue weighted by atomic mass is 32.2. The Balaban J connectivity index is 2.29. The summed E-state index contributed by atoms with van der Waals surface area (Å²) < 4.78 is 43.3. The minimum absolute atomic E-state index is 0.187. The Hall–Kier alpha value is -2.00. The van der Waals surface area contributed by atoms with Crippen LogP contribution in [0.1, 0.15) is 5.82 Å². The molecule has 0 radical (unpaired) electrons. The summed E-state index contributed by atoms with van der Waals surface area (Å²) in [7, 11) is 0. The Kier molecular flexibility index (Phi) is 4.53. The van der Waals surface area contributed by atoms with E-state index < -0.39 is 12.0 Å². The molecule has 0 amide bonds. The molecule has 1 aromatic carbocycles. The zero-order valence-corrected chi connectivity index (χ0v) is 11.6. The number of benzene rings is 1. The highest BCUT2D eigenvalue weighted by Crippen LogP contribution is 2.30. The van der Waals surface area contributed by atoms with Crippen molar-refractivity contribution >= 4 is 17.6 Å². The van der Waals surface area contributed by atoms with Gasteiger partial charge in [0.15, 0.2) is 0 Å². The first-order valence-corrected chi connectivity index (χ1v) is 6.89. The van der Waals surface area contributed by atoms with Gasteiger partial charge in [0.25, 0.3) is 0 Å². The van der Waals surface area contributed by atoms with Crippen LogP contribution in [0.4, 0.5) is 19.0 Å². The lowest BCUT2D eigenvalue weighted by atomic mass is 10.3. The van der Waals surface area contributed by atoms with Gasteiger partial charge < -0.3 is 10.2 Å². The molecule has 0 fully saturated rings. The molecule has 0 atom stereocenters. The maximum Gasteiger partial charge on any atom is 0.451 e. The van der Waals surface area contributed by atoms with Gasteiger partial charge in [-0.05, 0) is 30.5 Å². The van der Waals surface area contributed by atoms with E-state index in [1.165, 1.54) is 17.8 Å².